The fraction of sp³-hybridized carbons (Fsp3) is 0.125. The van der Waals surface area contributed by atoms with E-state index < -0.39 is 9.84 Å². The predicted molar refractivity (Wildman–Crippen MR) is 119 cm³/mol. The zero-order valence-electron chi connectivity index (χ0n) is 16.6. The molecule has 0 spiro atoms. The fourth-order valence-electron chi connectivity index (χ4n) is 3.45. The summed E-state index contributed by atoms with van der Waals surface area (Å²) in [5.41, 5.74) is 3.23. The van der Waals surface area contributed by atoms with E-state index in [2.05, 4.69) is 5.32 Å². The average molecular weight is 419 g/mol. The number of fused-ring (bicyclic) bond motifs is 1. The predicted octanol–water partition coefficient (Wildman–Crippen LogP) is 4.56. The van der Waals surface area contributed by atoms with Crippen molar-refractivity contribution in [2.24, 2.45) is 0 Å². The van der Waals surface area contributed by atoms with Gasteiger partial charge in [-0.25, -0.2) is 8.42 Å². The summed E-state index contributed by atoms with van der Waals surface area (Å²) in [6, 6.07) is 23.9. The minimum absolute atomic E-state index is 0.0233. The number of benzene rings is 3. The Hall–Kier alpha value is -3.38. The van der Waals surface area contributed by atoms with Gasteiger partial charge in [-0.2, -0.15) is 0 Å². The molecule has 0 saturated heterocycles. The van der Waals surface area contributed by atoms with Crippen LogP contribution in [0.15, 0.2) is 90.0 Å². The van der Waals surface area contributed by atoms with Gasteiger partial charge in [-0.3, -0.25) is 4.79 Å². The molecule has 6 heteroatoms. The van der Waals surface area contributed by atoms with Crippen LogP contribution in [-0.4, -0.2) is 18.9 Å². The monoisotopic (exact) mass is 418 g/mol. The lowest BCUT2D eigenvalue weighted by molar-refractivity contribution is -0.116. The van der Waals surface area contributed by atoms with Crippen molar-refractivity contribution in [1.82, 2.24) is 4.57 Å². The van der Waals surface area contributed by atoms with E-state index in [-0.39, 0.29) is 23.1 Å². The number of para-hydroxylation sites is 2. The molecule has 4 aromatic rings. The van der Waals surface area contributed by atoms with Gasteiger partial charge in [0.25, 0.3) is 0 Å². The molecule has 0 fully saturated rings. The van der Waals surface area contributed by atoms with Crippen LogP contribution in [0.2, 0.25) is 0 Å². The first kappa shape index (κ1) is 19.9. The Morgan fingerprint density at radius 1 is 0.900 bits per heavy atom. The lowest BCUT2D eigenvalue weighted by atomic mass is 10.2. The largest absolute Gasteiger partial charge is 0.337 e. The first-order valence-corrected chi connectivity index (χ1v) is 11.3. The van der Waals surface area contributed by atoms with Crippen LogP contribution in [0.1, 0.15) is 11.1 Å². The molecular formula is C24H22N2O3S. The van der Waals surface area contributed by atoms with E-state index in [9.17, 15) is 13.2 Å². The Bertz CT molecular complexity index is 1290. The number of nitrogens with zero attached hydrogens (tertiary/aromatic N) is 1. The summed E-state index contributed by atoms with van der Waals surface area (Å²) >= 11 is 0. The van der Waals surface area contributed by atoms with Crippen molar-refractivity contribution in [3.8, 4) is 0 Å². The second-order valence-electron chi connectivity index (χ2n) is 7.30. The highest BCUT2D eigenvalue weighted by Crippen LogP contribution is 2.28. The van der Waals surface area contributed by atoms with Crippen LogP contribution in [0.4, 0.5) is 5.69 Å². The molecule has 1 heterocycles. The number of amides is 1. The van der Waals surface area contributed by atoms with Crippen molar-refractivity contribution in [3.05, 3.63) is 96.2 Å². The lowest BCUT2D eigenvalue weighted by Crippen LogP contribution is -2.18. The highest BCUT2D eigenvalue weighted by molar-refractivity contribution is 7.90. The minimum Gasteiger partial charge on any atom is -0.337 e. The molecule has 152 valence electrons. The standard InChI is InChI=1S/C24H22N2O3S/c1-18-11-13-19(14-12-18)17-30(28,29)23-15-26(22-10-6-5-9-21(22)23)16-24(27)25-20-7-3-2-4-8-20/h2-15H,16-17H2,1H3,(H,25,27). The molecule has 1 N–H and O–H groups in total. The molecule has 0 aliphatic carbocycles. The van der Waals surface area contributed by atoms with E-state index in [0.717, 1.165) is 11.1 Å². The third kappa shape index (κ3) is 4.28. The number of aromatic nitrogens is 1. The fourth-order valence-corrected chi connectivity index (χ4v) is 5.03. The van der Waals surface area contributed by atoms with Crippen molar-refractivity contribution >= 4 is 32.3 Å². The second kappa shape index (κ2) is 8.16. The van der Waals surface area contributed by atoms with Gasteiger partial charge in [0.15, 0.2) is 9.84 Å². The number of carbonyl (C=O) groups is 1. The van der Waals surface area contributed by atoms with Gasteiger partial charge < -0.3 is 9.88 Å². The Morgan fingerprint density at radius 2 is 1.57 bits per heavy atom. The van der Waals surface area contributed by atoms with E-state index in [0.29, 0.717) is 16.6 Å². The van der Waals surface area contributed by atoms with Crippen LogP contribution < -0.4 is 5.32 Å². The van der Waals surface area contributed by atoms with Crippen LogP contribution in [0.25, 0.3) is 10.9 Å². The summed E-state index contributed by atoms with van der Waals surface area (Å²) in [5, 5.41) is 3.46. The maximum absolute atomic E-state index is 13.2. The van der Waals surface area contributed by atoms with Crippen molar-refractivity contribution < 1.29 is 13.2 Å². The molecule has 0 radical (unpaired) electrons. The molecular weight excluding hydrogens is 396 g/mol. The first-order valence-electron chi connectivity index (χ1n) is 9.63. The van der Waals surface area contributed by atoms with Crippen molar-refractivity contribution in [1.29, 1.82) is 0 Å². The number of aryl methyl sites for hydroxylation is 1. The molecule has 3 aromatic carbocycles. The third-order valence-corrected chi connectivity index (χ3v) is 6.64. The molecule has 0 aliphatic heterocycles. The van der Waals surface area contributed by atoms with Crippen LogP contribution in [0.5, 0.6) is 0 Å². The third-order valence-electron chi connectivity index (χ3n) is 4.94. The number of anilines is 1. The Balaban J connectivity index is 1.65. The quantitative estimate of drug-likeness (QED) is 0.499. The number of carbonyl (C=O) groups excluding carboxylic acids is 1. The van der Waals surface area contributed by atoms with Crippen molar-refractivity contribution in [2.75, 3.05) is 5.32 Å². The number of sulfone groups is 1. The van der Waals surface area contributed by atoms with Gasteiger partial charge in [0.1, 0.15) is 6.54 Å². The molecule has 1 aromatic heterocycles. The van der Waals surface area contributed by atoms with E-state index in [1.54, 1.807) is 16.8 Å². The molecule has 30 heavy (non-hydrogen) atoms. The van der Waals surface area contributed by atoms with Gasteiger partial charge in [-0.05, 0) is 30.7 Å². The molecule has 4 rings (SSSR count). The number of rotatable bonds is 6. The van der Waals surface area contributed by atoms with Crippen molar-refractivity contribution in [2.45, 2.75) is 24.1 Å². The normalized spacial score (nSPS) is 11.5. The smallest absolute Gasteiger partial charge is 0.244 e. The zero-order chi connectivity index (χ0) is 21.1. The summed E-state index contributed by atoms with van der Waals surface area (Å²) in [5.74, 6) is -0.304. The topological polar surface area (TPSA) is 68.2 Å². The Kier molecular flexibility index (Phi) is 5.42. The maximum Gasteiger partial charge on any atom is 0.244 e. The van der Waals surface area contributed by atoms with Crippen LogP contribution in [0, 0.1) is 6.92 Å². The Labute approximate surface area is 175 Å². The molecule has 1 amide bonds. The Morgan fingerprint density at radius 3 is 2.30 bits per heavy atom. The van der Waals surface area contributed by atoms with E-state index >= 15 is 0 Å². The molecule has 5 nitrogen and oxygen atoms in total. The summed E-state index contributed by atoms with van der Waals surface area (Å²) in [7, 11) is -3.58. The highest BCUT2D eigenvalue weighted by Gasteiger charge is 2.22. The van der Waals surface area contributed by atoms with E-state index in [4.69, 9.17) is 0 Å². The maximum atomic E-state index is 13.2. The van der Waals surface area contributed by atoms with Gasteiger partial charge in [-0.1, -0.05) is 66.2 Å². The van der Waals surface area contributed by atoms with Gasteiger partial charge in [0.05, 0.1) is 10.6 Å². The van der Waals surface area contributed by atoms with Gasteiger partial charge in [0, 0.05) is 22.8 Å². The first-order chi connectivity index (χ1) is 14.4. The summed E-state index contributed by atoms with van der Waals surface area (Å²) < 4.78 is 28.0. The summed E-state index contributed by atoms with van der Waals surface area (Å²) in [6.07, 6.45) is 1.57. The van der Waals surface area contributed by atoms with Crippen LogP contribution in [0.3, 0.4) is 0 Å². The SMILES string of the molecule is Cc1ccc(CS(=O)(=O)c2cn(CC(=O)Nc3ccccc3)c3ccccc23)cc1. The number of hydrogen-bond acceptors (Lipinski definition) is 3. The summed E-state index contributed by atoms with van der Waals surface area (Å²) in [6.45, 7) is 1.99. The molecule has 0 bridgehead atoms. The molecule has 0 saturated carbocycles. The molecule has 0 aliphatic rings. The van der Waals surface area contributed by atoms with Crippen molar-refractivity contribution in [3.63, 3.8) is 0 Å². The van der Waals surface area contributed by atoms with Gasteiger partial charge in [0.2, 0.25) is 5.91 Å². The number of nitrogens with one attached hydrogen (secondary N) is 1. The number of hydrogen-bond donors (Lipinski definition) is 1. The van der Waals surface area contributed by atoms with Crippen LogP contribution in [-0.2, 0) is 26.9 Å². The highest BCUT2D eigenvalue weighted by atomic mass is 32.2. The minimum atomic E-state index is -3.58. The summed E-state index contributed by atoms with van der Waals surface area (Å²) in [4.78, 5) is 12.8. The van der Waals surface area contributed by atoms with E-state index in [1.807, 2.05) is 79.7 Å². The molecule has 0 unspecified atom stereocenters. The molecule has 0 atom stereocenters. The van der Waals surface area contributed by atoms with Crippen LogP contribution >= 0.6 is 0 Å². The van der Waals surface area contributed by atoms with E-state index in [1.165, 1.54) is 0 Å². The zero-order valence-corrected chi connectivity index (χ0v) is 17.4. The second-order valence-corrected chi connectivity index (χ2v) is 9.26. The lowest BCUT2D eigenvalue weighted by Gasteiger charge is -2.07. The van der Waals surface area contributed by atoms with Gasteiger partial charge in [-0.15, -0.1) is 0 Å². The van der Waals surface area contributed by atoms with Gasteiger partial charge >= 0.3 is 0 Å². The average Bonchev–Trinajstić information content (AvgIpc) is 3.10.